The highest BCUT2D eigenvalue weighted by atomic mass is 32.1. The summed E-state index contributed by atoms with van der Waals surface area (Å²) >= 11 is 5.95. The van der Waals surface area contributed by atoms with Crippen molar-refractivity contribution in [2.75, 3.05) is 62.7 Å². The first kappa shape index (κ1) is 24.0. The van der Waals surface area contributed by atoms with Crippen LogP contribution in [0, 0.1) is 13.8 Å². The van der Waals surface area contributed by atoms with Gasteiger partial charge in [-0.05, 0) is 80.2 Å². The first-order chi connectivity index (χ1) is 16.0. The van der Waals surface area contributed by atoms with Crippen LogP contribution in [0.3, 0.4) is 0 Å². The zero-order valence-corrected chi connectivity index (χ0v) is 21.2. The molecule has 0 amide bonds. The van der Waals surface area contributed by atoms with E-state index in [0.29, 0.717) is 0 Å². The Bertz CT molecular complexity index is 957. The van der Waals surface area contributed by atoms with Crippen molar-refractivity contribution < 1.29 is 4.74 Å². The maximum absolute atomic E-state index is 5.95. The van der Waals surface area contributed by atoms with Crippen molar-refractivity contribution in [2.24, 2.45) is 0 Å². The molecule has 33 heavy (non-hydrogen) atoms. The fourth-order valence-corrected chi connectivity index (χ4v) is 5.05. The molecule has 2 heterocycles. The van der Waals surface area contributed by atoms with Gasteiger partial charge in [-0.3, -0.25) is 4.90 Å². The maximum atomic E-state index is 5.95. The van der Waals surface area contributed by atoms with Crippen LogP contribution in [0.15, 0.2) is 36.4 Å². The Hall–Kier alpha value is -2.15. The third-order valence-electron chi connectivity index (χ3n) is 6.83. The van der Waals surface area contributed by atoms with E-state index in [9.17, 15) is 0 Å². The molecule has 4 rings (SSSR count). The van der Waals surface area contributed by atoms with Gasteiger partial charge in [-0.1, -0.05) is 24.3 Å². The van der Waals surface area contributed by atoms with E-state index in [-0.39, 0.29) is 0 Å². The highest BCUT2D eigenvalue weighted by Crippen LogP contribution is 2.28. The Balaban J connectivity index is 1.50. The maximum Gasteiger partial charge on any atom is 0.173 e. The molecule has 0 radical (unpaired) electrons. The number of rotatable bonds is 7. The molecule has 0 aliphatic carbocycles. The normalized spacial score (nSPS) is 16.4. The lowest BCUT2D eigenvalue weighted by molar-refractivity contribution is 0.0358. The summed E-state index contributed by atoms with van der Waals surface area (Å²) in [6.45, 7) is 15.1. The fourth-order valence-electron chi connectivity index (χ4n) is 4.78. The Morgan fingerprint density at radius 3 is 2.70 bits per heavy atom. The summed E-state index contributed by atoms with van der Waals surface area (Å²) < 4.78 is 5.53. The second-order valence-corrected chi connectivity index (χ2v) is 9.66. The fraction of sp³-hybridized carbons (Fsp3) is 0.519. The highest BCUT2D eigenvalue weighted by molar-refractivity contribution is 7.80. The summed E-state index contributed by atoms with van der Waals surface area (Å²) in [5.74, 6) is 0. The number of hydrogen-bond acceptors (Lipinski definition) is 4. The molecule has 2 aromatic carbocycles. The topological polar surface area (TPSA) is 31.0 Å². The van der Waals surface area contributed by atoms with Crippen molar-refractivity contribution in [2.45, 2.75) is 40.2 Å². The third kappa shape index (κ3) is 6.25. The molecule has 2 aliphatic rings. The number of anilines is 2. The molecular formula is C27H38N4OS. The number of thiocarbonyl (C=S) groups is 1. The molecule has 2 aromatic rings. The number of aryl methyl sites for hydroxylation is 3. The summed E-state index contributed by atoms with van der Waals surface area (Å²) in [6.07, 6.45) is 2.40. The number of hydrogen-bond donors (Lipinski definition) is 1. The van der Waals surface area contributed by atoms with Crippen LogP contribution in [-0.2, 0) is 17.7 Å². The van der Waals surface area contributed by atoms with Gasteiger partial charge in [0.15, 0.2) is 5.11 Å². The van der Waals surface area contributed by atoms with Gasteiger partial charge < -0.3 is 19.9 Å². The third-order valence-corrected chi connectivity index (χ3v) is 7.19. The molecule has 0 bridgehead atoms. The van der Waals surface area contributed by atoms with Gasteiger partial charge in [0.05, 0.1) is 13.2 Å². The van der Waals surface area contributed by atoms with E-state index < -0.39 is 0 Å². The number of benzene rings is 2. The standard InChI is InChI=1S/C27H38N4OS/c1-4-30-11-5-6-24-19-23(9-10-26(24)30)20-31(13-12-29-14-16-32-17-15-29)27(33)28-25-18-21(2)7-8-22(25)3/h7-10,18-19H,4-6,11-17,20H2,1-3H3,(H,28,33). The molecule has 0 atom stereocenters. The first-order valence-electron chi connectivity index (χ1n) is 12.3. The second kappa shape index (κ2) is 11.3. The zero-order valence-electron chi connectivity index (χ0n) is 20.4. The van der Waals surface area contributed by atoms with Crippen LogP contribution in [0.4, 0.5) is 11.4 Å². The smallest absolute Gasteiger partial charge is 0.173 e. The Labute approximate surface area is 204 Å². The van der Waals surface area contributed by atoms with Crippen LogP contribution in [0.5, 0.6) is 0 Å². The van der Waals surface area contributed by atoms with Crippen LogP contribution >= 0.6 is 12.2 Å². The van der Waals surface area contributed by atoms with Crippen molar-refractivity contribution in [3.8, 4) is 0 Å². The van der Waals surface area contributed by atoms with Gasteiger partial charge in [0, 0.05) is 57.2 Å². The lowest BCUT2D eigenvalue weighted by Gasteiger charge is -2.33. The number of ether oxygens (including phenoxy) is 1. The lowest BCUT2D eigenvalue weighted by Crippen LogP contribution is -2.44. The minimum atomic E-state index is 0.796. The molecule has 2 aliphatic heterocycles. The molecule has 6 heteroatoms. The molecule has 1 N–H and O–H groups in total. The number of nitrogens with one attached hydrogen (secondary N) is 1. The van der Waals surface area contributed by atoms with Crippen LogP contribution in [0.25, 0.3) is 0 Å². The van der Waals surface area contributed by atoms with Gasteiger partial charge in [0.1, 0.15) is 0 Å². The Morgan fingerprint density at radius 2 is 1.91 bits per heavy atom. The molecule has 0 aromatic heterocycles. The molecule has 178 valence electrons. The largest absolute Gasteiger partial charge is 0.379 e. The SMILES string of the molecule is CCN1CCCc2cc(CN(CCN3CCOCC3)C(=S)Nc3cc(C)ccc3C)ccc21. The van der Waals surface area contributed by atoms with Crippen LogP contribution in [-0.4, -0.2) is 67.4 Å². The Morgan fingerprint density at radius 1 is 1.09 bits per heavy atom. The van der Waals surface area contributed by atoms with Gasteiger partial charge in [-0.2, -0.15) is 0 Å². The summed E-state index contributed by atoms with van der Waals surface area (Å²) in [5, 5.41) is 4.34. The van der Waals surface area contributed by atoms with Crippen LogP contribution in [0.1, 0.15) is 35.6 Å². The number of morpholine rings is 1. The minimum absolute atomic E-state index is 0.796. The highest BCUT2D eigenvalue weighted by Gasteiger charge is 2.19. The molecule has 0 spiro atoms. The quantitative estimate of drug-likeness (QED) is 0.600. The summed E-state index contributed by atoms with van der Waals surface area (Å²) in [6, 6.07) is 13.5. The summed E-state index contributed by atoms with van der Waals surface area (Å²) in [7, 11) is 0. The van der Waals surface area contributed by atoms with E-state index in [0.717, 1.165) is 63.3 Å². The van der Waals surface area contributed by atoms with E-state index in [1.807, 2.05) is 0 Å². The van der Waals surface area contributed by atoms with E-state index in [1.54, 1.807) is 0 Å². The predicted octanol–water partition coefficient (Wildman–Crippen LogP) is 4.61. The average molecular weight is 467 g/mol. The predicted molar refractivity (Wildman–Crippen MR) is 142 cm³/mol. The lowest BCUT2D eigenvalue weighted by atomic mass is 9.99. The number of nitrogens with zero attached hydrogens (tertiary/aromatic N) is 3. The zero-order chi connectivity index (χ0) is 23.2. The average Bonchev–Trinajstić information content (AvgIpc) is 2.84. The Kier molecular flexibility index (Phi) is 8.23. The summed E-state index contributed by atoms with van der Waals surface area (Å²) in [5.41, 5.74) is 7.76. The van der Waals surface area contributed by atoms with Crippen LogP contribution in [0.2, 0.25) is 0 Å². The van der Waals surface area contributed by atoms with Gasteiger partial charge in [-0.15, -0.1) is 0 Å². The monoisotopic (exact) mass is 466 g/mol. The van der Waals surface area contributed by atoms with Gasteiger partial charge in [0.25, 0.3) is 0 Å². The molecule has 5 nitrogen and oxygen atoms in total. The van der Waals surface area contributed by atoms with Gasteiger partial charge in [-0.25, -0.2) is 0 Å². The minimum Gasteiger partial charge on any atom is -0.379 e. The van der Waals surface area contributed by atoms with Crippen LogP contribution < -0.4 is 10.2 Å². The first-order valence-corrected chi connectivity index (χ1v) is 12.7. The summed E-state index contributed by atoms with van der Waals surface area (Å²) in [4.78, 5) is 7.29. The molecule has 1 fully saturated rings. The van der Waals surface area contributed by atoms with Crippen molar-refractivity contribution >= 4 is 28.7 Å². The van der Waals surface area contributed by atoms with Crippen molar-refractivity contribution in [3.05, 3.63) is 58.7 Å². The van der Waals surface area contributed by atoms with E-state index in [4.69, 9.17) is 17.0 Å². The van der Waals surface area contributed by atoms with Crippen molar-refractivity contribution in [3.63, 3.8) is 0 Å². The van der Waals surface area contributed by atoms with Gasteiger partial charge in [0.2, 0.25) is 0 Å². The van der Waals surface area contributed by atoms with E-state index >= 15 is 0 Å². The number of fused-ring (bicyclic) bond motifs is 1. The molecule has 0 saturated carbocycles. The second-order valence-electron chi connectivity index (χ2n) is 9.27. The van der Waals surface area contributed by atoms with Gasteiger partial charge >= 0.3 is 0 Å². The molecule has 0 unspecified atom stereocenters. The van der Waals surface area contributed by atoms with Crippen molar-refractivity contribution in [1.29, 1.82) is 0 Å². The van der Waals surface area contributed by atoms with E-state index in [1.165, 1.54) is 47.3 Å². The molecule has 1 saturated heterocycles. The molecular weight excluding hydrogens is 428 g/mol. The van der Waals surface area contributed by atoms with E-state index in [2.05, 4.69) is 77.2 Å². The van der Waals surface area contributed by atoms with Crippen molar-refractivity contribution in [1.82, 2.24) is 9.80 Å².